The number of rotatable bonds is 7. The molecule has 3 saturated heterocycles. The molecule has 0 spiro atoms. The molecule has 2 unspecified atom stereocenters. The molecule has 0 aliphatic carbocycles. The molecular weight excluding hydrogens is 646 g/mol. The van der Waals surface area contributed by atoms with Gasteiger partial charge in [0.25, 0.3) is 11.5 Å². The van der Waals surface area contributed by atoms with Crippen LogP contribution in [0.5, 0.6) is 0 Å². The summed E-state index contributed by atoms with van der Waals surface area (Å²) >= 11 is 1.17. The number of pyridine rings is 1. The summed E-state index contributed by atoms with van der Waals surface area (Å²) < 4.78 is 27.8. The normalized spacial score (nSPS) is 25.8. The lowest BCUT2D eigenvalue weighted by molar-refractivity contribution is -0.148. The molecule has 3 aromatic rings. The van der Waals surface area contributed by atoms with E-state index in [4.69, 9.17) is 0 Å². The molecule has 3 N–H and O–H groups in total. The number of carbonyl (C=O) groups excluding carboxylic acids is 3. The summed E-state index contributed by atoms with van der Waals surface area (Å²) in [6.07, 6.45) is 6.30. The molecule has 0 bridgehead atoms. The van der Waals surface area contributed by atoms with Crippen molar-refractivity contribution in [1.82, 2.24) is 19.7 Å². The van der Waals surface area contributed by atoms with Gasteiger partial charge in [-0.15, -0.1) is 11.3 Å². The molecule has 3 aliphatic heterocycles. The van der Waals surface area contributed by atoms with Crippen molar-refractivity contribution in [2.45, 2.75) is 69.4 Å². The average molecular weight is 687 g/mol. The number of hydrogen-bond donors (Lipinski definition) is 3. The number of nitrogens with one attached hydrogen (secondary N) is 1. The van der Waals surface area contributed by atoms with Crippen LogP contribution in [-0.2, 0) is 21.2 Å². The van der Waals surface area contributed by atoms with Crippen LogP contribution in [0.25, 0.3) is 10.1 Å². The molecule has 47 heavy (non-hydrogen) atoms. The van der Waals surface area contributed by atoms with E-state index in [-0.39, 0.29) is 47.4 Å². The van der Waals surface area contributed by atoms with Crippen LogP contribution < -0.4 is 10.9 Å². The zero-order valence-corrected chi connectivity index (χ0v) is 28.1. The predicted octanol–water partition coefficient (Wildman–Crippen LogP) is 4.29. The van der Waals surface area contributed by atoms with Crippen LogP contribution in [-0.4, -0.2) is 73.6 Å². The lowest BCUT2D eigenvalue weighted by Gasteiger charge is -2.36. The van der Waals surface area contributed by atoms with E-state index < -0.39 is 31.4 Å². The zero-order chi connectivity index (χ0) is 33.6. The number of benzene rings is 1. The fourth-order valence-corrected chi connectivity index (χ4v) is 8.95. The number of thiophene rings is 1. The van der Waals surface area contributed by atoms with Gasteiger partial charge in [0.2, 0.25) is 17.7 Å². The summed E-state index contributed by atoms with van der Waals surface area (Å²) in [5.74, 6) is -3.30. The Morgan fingerprint density at radius 2 is 1.83 bits per heavy atom. The van der Waals surface area contributed by atoms with Crippen LogP contribution in [0.1, 0.15) is 78.1 Å². The van der Waals surface area contributed by atoms with Crippen molar-refractivity contribution in [2.75, 3.05) is 19.6 Å². The van der Waals surface area contributed by atoms with Crippen molar-refractivity contribution in [3.05, 3.63) is 69.0 Å². The van der Waals surface area contributed by atoms with Crippen LogP contribution in [0.3, 0.4) is 0 Å². The van der Waals surface area contributed by atoms with Gasteiger partial charge in [-0.2, -0.15) is 0 Å². The standard InChI is InChI=1S/C33H40FN4O7PS/c1-19-17-37(18-25(19)20-11-12-36(2)29(39)15-20)33(42)26-9-8-24-6-4-3-5-22(32(41)38(24)26)16-35-31(40)28-14-23-13-21(7-10-27(23)47-28)30(34)46(43,44)45/h7,10-15,19,22,24-26,30H,3-6,8-9,16-18H2,1-2H3,(H,35,40)(H2,43,44,45)/t19-,22?,24-,25-,26-,30?/m0/s1. The van der Waals surface area contributed by atoms with Crippen molar-refractivity contribution in [2.24, 2.45) is 18.9 Å². The number of nitrogens with zero attached hydrogens (tertiary/aromatic N) is 3. The molecule has 0 saturated carbocycles. The Morgan fingerprint density at radius 1 is 1.06 bits per heavy atom. The van der Waals surface area contributed by atoms with Crippen molar-refractivity contribution >= 4 is 46.7 Å². The number of fused-ring (bicyclic) bond motifs is 2. The summed E-state index contributed by atoms with van der Waals surface area (Å²) in [5.41, 5.74) is 0.673. The third-order valence-corrected chi connectivity index (χ3v) is 12.1. The van der Waals surface area contributed by atoms with Crippen molar-refractivity contribution in [3.8, 4) is 0 Å². The van der Waals surface area contributed by atoms with E-state index >= 15 is 0 Å². The maximum Gasteiger partial charge on any atom is 0.363 e. The molecule has 5 heterocycles. The second-order valence-electron chi connectivity index (χ2n) is 13.3. The summed E-state index contributed by atoms with van der Waals surface area (Å²) in [6, 6.07) is 8.72. The first-order valence-electron chi connectivity index (χ1n) is 16.1. The minimum absolute atomic E-state index is 0.0211. The topological polar surface area (TPSA) is 149 Å². The Hall–Kier alpha value is -3.38. The highest BCUT2D eigenvalue weighted by Gasteiger charge is 2.46. The van der Waals surface area contributed by atoms with E-state index in [1.54, 1.807) is 30.3 Å². The molecule has 3 fully saturated rings. The monoisotopic (exact) mass is 686 g/mol. The van der Waals surface area contributed by atoms with Crippen molar-refractivity contribution in [1.29, 1.82) is 0 Å². The Balaban J connectivity index is 1.13. The second-order valence-corrected chi connectivity index (χ2v) is 16.0. The van der Waals surface area contributed by atoms with Gasteiger partial charge in [0, 0.05) is 55.6 Å². The smallest absolute Gasteiger partial charge is 0.351 e. The zero-order valence-electron chi connectivity index (χ0n) is 26.4. The van der Waals surface area contributed by atoms with Crippen LogP contribution in [0, 0.1) is 11.8 Å². The first kappa shape index (κ1) is 33.5. The van der Waals surface area contributed by atoms with Gasteiger partial charge in [-0.1, -0.05) is 25.8 Å². The fourth-order valence-electron chi connectivity index (χ4n) is 7.44. The van der Waals surface area contributed by atoms with Gasteiger partial charge in [0.1, 0.15) is 6.04 Å². The van der Waals surface area contributed by atoms with Gasteiger partial charge in [-0.25, -0.2) is 4.39 Å². The molecular formula is C33H40FN4O7PS. The van der Waals surface area contributed by atoms with Crippen molar-refractivity contribution < 1.29 is 33.1 Å². The molecule has 252 valence electrons. The first-order chi connectivity index (χ1) is 22.3. The molecule has 2 aromatic heterocycles. The second kappa shape index (κ2) is 13.3. The van der Waals surface area contributed by atoms with E-state index in [0.29, 0.717) is 40.9 Å². The third-order valence-electron chi connectivity index (χ3n) is 10.1. The Bertz CT molecular complexity index is 1810. The summed E-state index contributed by atoms with van der Waals surface area (Å²) in [7, 11) is -3.26. The molecule has 3 amide bonds. The number of alkyl halides is 1. The Kier molecular flexibility index (Phi) is 9.46. The van der Waals surface area contributed by atoms with E-state index in [1.165, 1.54) is 34.1 Å². The van der Waals surface area contributed by atoms with Crippen LogP contribution in [0.4, 0.5) is 4.39 Å². The summed E-state index contributed by atoms with van der Waals surface area (Å²) in [5, 5.41) is 3.38. The average Bonchev–Trinajstić information content (AvgIpc) is 3.75. The molecule has 0 radical (unpaired) electrons. The van der Waals surface area contributed by atoms with E-state index in [0.717, 1.165) is 31.2 Å². The highest BCUT2D eigenvalue weighted by atomic mass is 32.1. The van der Waals surface area contributed by atoms with Gasteiger partial charge in [0.15, 0.2) is 0 Å². The molecule has 6 atom stereocenters. The minimum atomic E-state index is -4.97. The van der Waals surface area contributed by atoms with E-state index in [1.807, 2.05) is 11.0 Å². The Morgan fingerprint density at radius 3 is 2.57 bits per heavy atom. The largest absolute Gasteiger partial charge is 0.363 e. The maximum absolute atomic E-state index is 14.2. The third kappa shape index (κ3) is 6.81. The van der Waals surface area contributed by atoms with E-state index in [2.05, 4.69) is 12.2 Å². The number of halogens is 1. The lowest BCUT2D eigenvalue weighted by Crippen LogP contribution is -2.53. The minimum Gasteiger partial charge on any atom is -0.351 e. The molecule has 14 heteroatoms. The highest BCUT2D eigenvalue weighted by Crippen LogP contribution is 2.53. The van der Waals surface area contributed by atoms with Crippen LogP contribution in [0.15, 0.2) is 47.4 Å². The quantitative estimate of drug-likeness (QED) is 0.314. The van der Waals surface area contributed by atoms with Gasteiger partial charge in [-0.05, 0) is 72.4 Å². The molecule has 11 nitrogen and oxygen atoms in total. The number of carbonyl (C=O) groups is 3. The molecule has 1 aromatic carbocycles. The number of aryl methyl sites for hydroxylation is 1. The predicted molar refractivity (Wildman–Crippen MR) is 176 cm³/mol. The Labute approximate surface area is 275 Å². The van der Waals surface area contributed by atoms with E-state index in [9.17, 15) is 37.9 Å². The van der Waals surface area contributed by atoms with Crippen molar-refractivity contribution in [3.63, 3.8) is 0 Å². The van der Waals surface area contributed by atoms with Gasteiger partial charge < -0.3 is 29.5 Å². The number of likely N-dealkylation sites (tertiary alicyclic amines) is 1. The molecule has 3 aliphatic rings. The van der Waals surface area contributed by atoms with Gasteiger partial charge in [0.05, 0.1) is 10.8 Å². The number of hydrogen-bond acceptors (Lipinski definition) is 6. The first-order valence-corrected chi connectivity index (χ1v) is 18.6. The SMILES string of the molecule is C[C@H]1CN(C(=O)[C@@H]2CC[C@@H]3CCCCC(CNC(=O)c4cc5cc(C(F)P(=O)(O)O)ccc5s4)C(=O)N32)C[C@@H]1c1ccn(C)c(=O)c1. The maximum atomic E-state index is 14.2. The summed E-state index contributed by atoms with van der Waals surface area (Å²) in [4.78, 5) is 75.9. The van der Waals surface area contributed by atoms with Gasteiger partial charge in [-0.3, -0.25) is 23.7 Å². The fraction of sp³-hybridized carbons (Fsp3) is 0.515. The van der Waals surface area contributed by atoms with Crippen LogP contribution >= 0.6 is 18.9 Å². The van der Waals surface area contributed by atoms with Crippen LogP contribution in [0.2, 0.25) is 0 Å². The summed E-state index contributed by atoms with van der Waals surface area (Å²) in [6.45, 7) is 3.25. The number of aromatic nitrogens is 1. The lowest BCUT2D eigenvalue weighted by atomic mass is 9.91. The number of amides is 3. The molecule has 6 rings (SSSR count). The highest BCUT2D eigenvalue weighted by molar-refractivity contribution is 7.51. The van der Waals surface area contributed by atoms with Gasteiger partial charge >= 0.3 is 7.60 Å².